The van der Waals surface area contributed by atoms with Crippen molar-refractivity contribution < 1.29 is 27.0 Å². The topological polar surface area (TPSA) is 85.7 Å². The van der Waals surface area contributed by atoms with E-state index in [1.54, 1.807) is 6.20 Å². The Kier molecular flexibility index (Phi) is 7.38. The lowest BCUT2D eigenvalue weighted by molar-refractivity contribution is -0.917. The molecule has 2 heterocycles. The fourth-order valence-electron chi connectivity index (χ4n) is 3.75. The minimum Gasteiger partial charge on any atom is -1.00 e. The monoisotopic (exact) mass is 441 g/mol. The van der Waals surface area contributed by atoms with Crippen molar-refractivity contribution in [2.45, 2.75) is 13.1 Å². The van der Waals surface area contributed by atoms with Crippen molar-refractivity contribution in [2.24, 2.45) is 0 Å². The molecule has 8 nitrogen and oxygen atoms in total. The van der Waals surface area contributed by atoms with Crippen LogP contribution in [0.5, 0.6) is 0 Å². The maximum atomic E-state index is 12.8. The molecule has 1 amide bonds. The number of amides is 1. The third-order valence-corrected chi connectivity index (χ3v) is 5.41. The van der Waals surface area contributed by atoms with E-state index in [0.29, 0.717) is 12.1 Å². The van der Waals surface area contributed by atoms with E-state index in [2.05, 4.69) is 29.4 Å². The summed E-state index contributed by atoms with van der Waals surface area (Å²) in [6, 6.07) is 19.2. The van der Waals surface area contributed by atoms with Crippen LogP contribution >= 0.6 is 0 Å². The Balaban J connectivity index is 0.00000272. The number of aromatic nitrogens is 2. The quantitative estimate of drug-likeness (QED) is 0.368. The molecule has 162 valence electrons. The van der Waals surface area contributed by atoms with Crippen molar-refractivity contribution in [1.29, 1.82) is 0 Å². The Bertz CT molecular complexity index is 1020. The Hall–Kier alpha value is -3.23. The van der Waals surface area contributed by atoms with Crippen LogP contribution in [-0.2, 0) is 13.1 Å². The summed E-state index contributed by atoms with van der Waals surface area (Å²) in [6.07, 6.45) is 1.58. The zero-order valence-corrected chi connectivity index (χ0v) is 17.7. The summed E-state index contributed by atoms with van der Waals surface area (Å²) in [7, 11) is 0. The van der Waals surface area contributed by atoms with Crippen LogP contribution in [0.1, 0.15) is 21.5 Å². The summed E-state index contributed by atoms with van der Waals surface area (Å²) in [5.74, 6) is -0.120. The zero-order chi connectivity index (χ0) is 20.9. The molecule has 0 atom stereocenters. The molecule has 4 rings (SSSR count). The van der Waals surface area contributed by atoms with Gasteiger partial charge < -0.3 is 32.3 Å². The molecule has 0 spiro atoms. The first-order valence-corrected chi connectivity index (χ1v) is 10.0. The van der Waals surface area contributed by atoms with Crippen molar-refractivity contribution in [1.82, 2.24) is 14.7 Å². The van der Waals surface area contributed by atoms with E-state index < -0.39 is 4.92 Å². The number of nitrogens with zero attached hydrogens (tertiary/aromatic N) is 4. The van der Waals surface area contributed by atoms with E-state index in [4.69, 9.17) is 0 Å². The zero-order valence-electron chi connectivity index (χ0n) is 17.0. The highest BCUT2D eigenvalue weighted by Crippen LogP contribution is 2.11. The van der Waals surface area contributed by atoms with Crippen LogP contribution in [0.25, 0.3) is 0 Å². The number of hydrogen-bond acceptors (Lipinski definition) is 4. The predicted molar refractivity (Wildman–Crippen MR) is 111 cm³/mol. The Morgan fingerprint density at radius 3 is 2.29 bits per heavy atom. The number of benzene rings is 2. The smallest absolute Gasteiger partial charge is 0.389 e. The normalized spacial score (nSPS) is 14.1. The van der Waals surface area contributed by atoms with Crippen LogP contribution < -0.4 is 17.3 Å². The number of nitrogens with one attached hydrogen (secondary N) is 1. The van der Waals surface area contributed by atoms with Crippen molar-refractivity contribution >= 4 is 11.7 Å². The molecule has 0 aliphatic carbocycles. The van der Waals surface area contributed by atoms with Gasteiger partial charge in [-0.25, -0.2) is 0 Å². The molecule has 1 aliphatic rings. The second-order valence-corrected chi connectivity index (χ2v) is 7.53. The summed E-state index contributed by atoms with van der Waals surface area (Å²) in [6.45, 7) is 4.79. The van der Waals surface area contributed by atoms with E-state index in [1.165, 1.54) is 21.2 Å². The average Bonchev–Trinajstić information content (AvgIpc) is 3.24. The Morgan fingerprint density at radius 1 is 1.00 bits per heavy atom. The SMILES string of the molecule is O=C(c1ccc(Cn2ccc([N+](=O)[O-])n2)cc1)N1CC[NH+](Cc2ccccc2)CC1.[Cl-]. The van der Waals surface area contributed by atoms with Crippen molar-refractivity contribution in [3.63, 3.8) is 0 Å². The van der Waals surface area contributed by atoms with Crippen LogP contribution in [0, 0.1) is 10.1 Å². The van der Waals surface area contributed by atoms with Gasteiger partial charge in [-0.3, -0.25) is 4.79 Å². The maximum Gasteiger partial charge on any atom is 0.389 e. The van der Waals surface area contributed by atoms with E-state index in [1.807, 2.05) is 35.2 Å². The maximum absolute atomic E-state index is 12.8. The van der Waals surface area contributed by atoms with Crippen LogP contribution in [0.2, 0.25) is 0 Å². The molecule has 0 bridgehead atoms. The van der Waals surface area contributed by atoms with Crippen LogP contribution in [0.4, 0.5) is 5.82 Å². The van der Waals surface area contributed by atoms with Gasteiger partial charge in [-0.05, 0) is 22.6 Å². The van der Waals surface area contributed by atoms with Gasteiger partial charge in [-0.2, -0.15) is 4.68 Å². The van der Waals surface area contributed by atoms with E-state index in [0.717, 1.165) is 38.3 Å². The number of piperazine rings is 1. The minimum absolute atomic E-state index is 0. The number of halogens is 1. The van der Waals surface area contributed by atoms with E-state index in [-0.39, 0.29) is 24.1 Å². The molecular weight excluding hydrogens is 418 g/mol. The minimum atomic E-state index is -0.514. The lowest BCUT2D eigenvalue weighted by atomic mass is 10.1. The molecule has 0 radical (unpaired) electrons. The highest BCUT2D eigenvalue weighted by Gasteiger charge is 2.24. The van der Waals surface area contributed by atoms with Gasteiger partial charge >= 0.3 is 5.82 Å². The molecule has 0 unspecified atom stereocenters. The molecule has 1 N–H and O–H groups in total. The predicted octanol–water partition coefficient (Wildman–Crippen LogP) is -1.62. The van der Waals surface area contributed by atoms with Crippen molar-refractivity contribution in [2.75, 3.05) is 26.2 Å². The largest absolute Gasteiger partial charge is 1.00 e. The van der Waals surface area contributed by atoms with Gasteiger partial charge in [0.1, 0.15) is 6.54 Å². The number of quaternary nitrogens is 1. The van der Waals surface area contributed by atoms with Gasteiger partial charge in [0.05, 0.1) is 50.1 Å². The van der Waals surface area contributed by atoms with Gasteiger partial charge in [-0.15, -0.1) is 0 Å². The number of hydrogen-bond donors (Lipinski definition) is 1. The third-order valence-electron chi connectivity index (χ3n) is 5.41. The second kappa shape index (κ2) is 10.2. The standard InChI is InChI=1S/C22H23N5O3.ClH/c28-22(25-14-12-24(13-15-25)16-18-4-2-1-3-5-18)20-8-6-19(7-9-20)17-26-11-10-21(23-26)27(29)30;/h1-11H,12-17H2;1H. The number of carbonyl (C=O) groups excluding carboxylic acids is 1. The molecule has 3 aromatic rings. The van der Waals surface area contributed by atoms with Gasteiger partial charge in [0.2, 0.25) is 0 Å². The Morgan fingerprint density at radius 2 is 1.68 bits per heavy atom. The molecule has 2 aromatic carbocycles. The van der Waals surface area contributed by atoms with E-state index >= 15 is 0 Å². The molecule has 1 fully saturated rings. The molecule has 9 heteroatoms. The first-order valence-electron chi connectivity index (χ1n) is 10.0. The van der Waals surface area contributed by atoms with Crippen LogP contribution in [-0.4, -0.2) is 51.7 Å². The van der Waals surface area contributed by atoms with Crippen molar-refractivity contribution in [3.05, 3.63) is 93.7 Å². The van der Waals surface area contributed by atoms with Crippen LogP contribution in [0.3, 0.4) is 0 Å². The fourth-order valence-corrected chi connectivity index (χ4v) is 3.75. The first-order chi connectivity index (χ1) is 14.6. The summed E-state index contributed by atoms with van der Waals surface area (Å²) in [5, 5.41) is 14.6. The van der Waals surface area contributed by atoms with Crippen molar-refractivity contribution in [3.8, 4) is 0 Å². The summed E-state index contributed by atoms with van der Waals surface area (Å²) < 4.78 is 1.52. The lowest BCUT2D eigenvalue weighted by Gasteiger charge is -2.32. The van der Waals surface area contributed by atoms with Gasteiger partial charge in [0.25, 0.3) is 5.91 Å². The van der Waals surface area contributed by atoms with Gasteiger partial charge in [0, 0.05) is 11.1 Å². The molecule has 1 saturated heterocycles. The third kappa shape index (κ3) is 5.68. The fraction of sp³-hybridized carbons (Fsp3) is 0.273. The number of rotatable bonds is 6. The average molecular weight is 442 g/mol. The first kappa shape index (κ1) is 22.5. The Labute approximate surface area is 186 Å². The highest BCUT2D eigenvalue weighted by molar-refractivity contribution is 5.94. The molecule has 31 heavy (non-hydrogen) atoms. The van der Waals surface area contributed by atoms with Gasteiger partial charge in [-0.1, -0.05) is 42.5 Å². The molecule has 1 aliphatic heterocycles. The summed E-state index contributed by atoms with van der Waals surface area (Å²) in [4.78, 5) is 26.5. The summed E-state index contributed by atoms with van der Waals surface area (Å²) in [5.41, 5.74) is 2.92. The summed E-state index contributed by atoms with van der Waals surface area (Å²) >= 11 is 0. The van der Waals surface area contributed by atoms with E-state index in [9.17, 15) is 14.9 Å². The second-order valence-electron chi connectivity index (χ2n) is 7.53. The number of nitro groups is 1. The molecule has 0 saturated carbocycles. The van der Waals surface area contributed by atoms with Crippen LogP contribution in [0.15, 0.2) is 66.9 Å². The highest BCUT2D eigenvalue weighted by atomic mass is 35.5. The number of carbonyl (C=O) groups is 1. The molecular formula is C22H24ClN5O3. The lowest BCUT2D eigenvalue weighted by Crippen LogP contribution is -3.13. The molecule has 1 aromatic heterocycles. The van der Waals surface area contributed by atoms with Gasteiger partial charge in [0.15, 0.2) is 0 Å².